The smallest absolute Gasteiger partial charge is 0.416 e. The van der Waals surface area contributed by atoms with Crippen LogP contribution in [0.15, 0.2) is 42.5 Å². The predicted molar refractivity (Wildman–Crippen MR) is 108 cm³/mol. The highest BCUT2D eigenvalue weighted by atomic mass is 35.5. The molecule has 0 aliphatic carbocycles. The van der Waals surface area contributed by atoms with E-state index in [1.54, 1.807) is 31.3 Å². The predicted octanol–water partition coefficient (Wildman–Crippen LogP) is 5.07. The van der Waals surface area contributed by atoms with Crippen LogP contribution < -0.4 is 4.74 Å². The summed E-state index contributed by atoms with van der Waals surface area (Å²) in [5.74, 6) is 0.325. The fraction of sp³-hybridized carbons (Fsp3) is 0.409. The molecule has 0 spiro atoms. The number of likely N-dealkylation sites (N-methyl/N-ethyl adjacent to an activating group) is 1. The second-order valence-corrected chi connectivity index (χ2v) is 7.83. The molecule has 0 radical (unpaired) electrons. The molecule has 2 aromatic carbocycles. The molecular weight excluding hydrogens is 419 g/mol. The zero-order valence-corrected chi connectivity index (χ0v) is 17.5. The van der Waals surface area contributed by atoms with Crippen LogP contribution in [0, 0.1) is 0 Å². The van der Waals surface area contributed by atoms with E-state index in [4.69, 9.17) is 21.1 Å². The molecule has 0 saturated carbocycles. The van der Waals surface area contributed by atoms with Crippen molar-refractivity contribution in [2.45, 2.75) is 31.0 Å². The number of hydrogen-bond acceptors (Lipinski definition) is 3. The highest BCUT2D eigenvalue weighted by molar-refractivity contribution is 6.30. The lowest BCUT2D eigenvalue weighted by Crippen LogP contribution is -2.48. The molecule has 3 rings (SSSR count). The zero-order chi connectivity index (χ0) is 21.9. The van der Waals surface area contributed by atoms with Gasteiger partial charge in [-0.2, -0.15) is 13.2 Å². The van der Waals surface area contributed by atoms with Gasteiger partial charge in [0.15, 0.2) is 0 Å². The molecule has 1 heterocycles. The maximum absolute atomic E-state index is 13.6. The molecule has 0 aromatic heterocycles. The lowest BCUT2D eigenvalue weighted by molar-refractivity contribution is -0.141. The Kier molecular flexibility index (Phi) is 6.62. The average Bonchev–Trinajstić information content (AvgIpc) is 2.73. The van der Waals surface area contributed by atoms with Gasteiger partial charge in [-0.25, -0.2) is 0 Å². The van der Waals surface area contributed by atoms with E-state index in [0.717, 1.165) is 12.1 Å². The molecule has 1 aliphatic rings. The Morgan fingerprint density at radius 1 is 1.20 bits per heavy atom. The lowest BCUT2D eigenvalue weighted by Gasteiger charge is -2.39. The van der Waals surface area contributed by atoms with Crippen LogP contribution in [0.2, 0.25) is 5.02 Å². The summed E-state index contributed by atoms with van der Waals surface area (Å²) in [7, 11) is 3.16. The van der Waals surface area contributed by atoms with Crippen molar-refractivity contribution in [3.05, 3.63) is 64.2 Å². The number of carbonyl (C=O) groups excluding carboxylic acids is 1. The normalized spacial score (nSPS) is 16.2. The molecule has 1 fully saturated rings. The molecule has 1 saturated heterocycles. The number of hydrogen-bond donors (Lipinski definition) is 0. The summed E-state index contributed by atoms with van der Waals surface area (Å²) in [5, 5.41) is 0.505. The van der Waals surface area contributed by atoms with Gasteiger partial charge in [-0.15, -0.1) is 0 Å². The molecule has 0 unspecified atom stereocenters. The summed E-state index contributed by atoms with van der Waals surface area (Å²) < 4.78 is 50.6. The van der Waals surface area contributed by atoms with Gasteiger partial charge in [-0.1, -0.05) is 29.8 Å². The van der Waals surface area contributed by atoms with Gasteiger partial charge in [0.1, 0.15) is 5.75 Å². The largest absolute Gasteiger partial charge is 0.496 e. The summed E-state index contributed by atoms with van der Waals surface area (Å²) >= 11 is 6.09. The van der Waals surface area contributed by atoms with Crippen molar-refractivity contribution in [2.75, 3.05) is 27.4 Å². The van der Waals surface area contributed by atoms with Gasteiger partial charge in [0, 0.05) is 37.4 Å². The maximum Gasteiger partial charge on any atom is 0.416 e. The van der Waals surface area contributed by atoms with Gasteiger partial charge in [0.25, 0.3) is 0 Å². The van der Waals surface area contributed by atoms with Crippen LogP contribution in [0.4, 0.5) is 13.2 Å². The Hall–Kier alpha value is -2.25. The minimum atomic E-state index is -4.48. The molecular formula is C22H23ClF3NO3. The fourth-order valence-electron chi connectivity index (χ4n) is 3.90. The van der Waals surface area contributed by atoms with Crippen molar-refractivity contribution in [3.8, 4) is 5.75 Å². The number of amides is 1. The standard InChI is InChI=1S/C22H23ClF3NO3/c1-27(14-15-12-18(23)6-7-19(15)29-2)20(28)21(8-10-30-11-9-21)16-4-3-5-17(13-16)22(24,25)26/h3-7,12-13H,8-11,14H2,1-2H3. The summed E-state index contributed by atoms with van der Waals surface area (Å²) in [5.41, 5.74) is -0.777. The molecule has 0 bridgehead atoms. The first-order valence-corrected chi connectivity index (χ1v) is 9.88. The lowest BCUT2D eigenvalue weighted by atomic mass is 9.72. The maximum atomic E-state index is 13.6. The number of nitrogens with zero attached hydrogens (tertiary/aromatic N) is 1. The second kappa shape index (κ2) is 8.86. The van der Waals surface area contributed by atoms with Crippen molar-refractivity contribution < 1.29 is 27.4 Å². The molecule has 30 heavy (non-hydrogen) atoms. The molecule has 4 nitrogen and oxygen atoms in total. The molecule has 0 atom stereocenters. The third-order valence-corrected chi connectivity index (χ3v) is 5.73. The van der Waals surface area contributed by atoms with Crippen molar-refractivity contribution in [3.63, 3.8) is 0 Å². The van der Waals surface area contributed by atoms with Crippen molar-refractivity contribution >= 4 is 17.5 Å². The van der Waals surface area contributed by atoms with Gasteiger partial charge in [-0.3, -0.25) is 4.79 Å². The third kappa shape index (κ3) is 4.57. The van der Waals surface area contributed by atoms with Gasteiger partial charge >= 0.3 is 6.18 Å². The summed E-state index contributed by atoms with van der Waals surface area (Å²) in [4.78, 5) is 15.1. The van der Waals surface area contributed by atoms with Gasteiger partial charge in [0.2, 0.25) is 5.91 Å². The Bertz CT molecular complexity index is 911. The number of alkyl halides is 3. The summed E-state index contributed by atoms with van der Waals surface area (Å²) in [6, 6.07) is 10.2. The van der Waals surface area contributed by atoms with Crippen LogP contribution in [-0.4, -0.2) is 38.2 Å². The first kappa shape index (κ1) is 22.4. The number of carbonyl (C=O) groups is 1. The van der Waals surface area contributed by atoms with E-state index in [-0.39, 0.29) is 12.5 Å². The minimum absolute atomic E-state index is 0.212. The number of halogens is 4. The van der Waals surface area contributed by atoms with Gasteiger partial charge in [0.05, 0.1) is 18.1 Å². The van der Waals surface area contributed by atoms with E-state index in [2.05, 4.69) is 0 Å². The molecule has 8 heteroatoms. The SMILES string of the molecule is COc1ccc(Cl)cc1CN(C)C(=O)C1(c2cccc(C(F)(F)F)c2)CCOCC1. The Balaban J connectivity index is 1.96. The Labute approximate surface area is 178 Å². The Morgan fingerprint density at radius 3 is 2.53 bits per heavy atom. The van der Waals surface area contributed by atoms with Crippen molar-refractivity contribution in [1.82, 2.24) is 4.90 Å². The highest BCUT2D eigenvalue weighted by Gasteiger charge is 2.44. The molecule has 0 N–H and O–H groups in total. The van der Waals surface area contributed by atoms with Gasteiger partial charge in [-0.05, 0) is 42.7 Å². The minimum Gasteiger partial charge on any atom is -0.496 e. The van der Waals surface area contributed by atoms with Crippen LogP contribution in [-0.2, 0) is 27.7 Å². The van der Waals surface area contributed by atoms with E-state index < -0.39 is 17.2 Å². The van der Waals surface area contributed by atoms with E-state index >= 15 is 0 Å². The van der Waals surface area contributed by atoms with E-state index in [1.165, 1.54) is 18.1 Å². The summed E-state index contributed by atoms with van der Waals surface area (Å²) in [6.07, 6.45) is -3.86. The fourth-order valence-corrected chi connectivity index (χ4v) is 4.10. The zero-order valence-electron chi connectivity index (χ0n) is 16.8. The van der Waals surface area contributed by atoms with E-state index in [1.807, 2.05) is 0 Å². The molecule has 1 aliphatic heterocycles. The quantitative estimate of drug-likeness (QED) is 0.650. The van der Waals surface area contributed by atoms with Crippen LogP contribution in [0.3, 0.4) is 0 Å². The van der Waals surface area contributed by atoms with Crippen LogP contribution in [0.1, 0.15) is 29.5 Å². The van der Waals surface area contributed by atoms with E-state index in [0.29, 0.717) is 48.0 Å². The molecule has 2 aromatic rings. The third-order valence-electron chi connectivity index (χ3n) is 5.49. The number of benzene rings is 2. The second-order valence-electron chi connectivity index (χ2n) is 7.39. The van der Waals surface area contributed by atoms with Crippen LogP contribution in [0.25, 0.3) is 0 Å². The molecule has 162 valence electrons. The Morgan fingerprint density at radius 2 is 1.90 bits per heavy atom. The van der Waals surface area contributed by atoms with Crippen LogP contribution >= 0.6 is 11.6 Å². The number of methoxy groups -OCH3 is 1. The first-order valence-electron chi connectivity index (χ1n) is 9.51. The van der Waals surface area contributed by atoms with Crippen LogP contribution in [0.5, 0.6) is 5.75 Å². The summed E-state index contributed by atoms with van der Waals surface area (Å²) in [6.45, 7) is 0.816. The number of rotatable bonds is 5. The van der Waals surface area contributed by atoms with Crippen molar-refractivity contribution in [2.24, 2.45) is 0 Å². The first-order chi connectivity index (χ1) is 14.2. The highest BCUT2D eigenvalue weighted by Crippen LogP contribution is 2.40. The van der Waals surface area contributed by atoms with Crippen molar-refractivity contribution in [1.29, 1.82) is 0 Å². The average molecular weight is 442 g/mol. The number of ether oxygens (including phenoxy) is 2. The van der Waals surface area contributed by atoms with Gasteiger partial charge < -0.3 is 14.4 Å². The van der Waals surface area contributed by atoms with E-state index in [9.17, 15) is 18.0 Å². The molecule has 1 amide bonds. The topological polar surface area (TPSA) is 38.8 Å². The monoisotopic (exact) mass is 441 g/mol.